The maximum absolute atomic E-state index is 14.0. The minimum Gasteiger partial charge on any atom is -0.460 e. The molecule has 122 valence electrons. The Labute approximate surface area is 131 Å². The Morgan fingerprint density at radius 1 is 1.32 bits per heavy atom. The number of esters is 1. The van der Waals surface area contributed by atoms with Crippen molar-refractivity contribution in [2.75, 3.05) is 13.2 Å². The molecular formula is C18H25FO3. The van der Waals surface area contributed by atoms with Crippen molar-refractivity contribution in [2.24, 2.45) is 0 Å². The van der Waals surface area contributed by atoms with E-state index >= 15 is 0 Å². The Bertz CT molecular complexity index is 540. The zero-order valence-corrected chi connectivity index (χ0v) is 13.9. The van der Waals surface area contributed by atoms with Gasteiger partial charge in [0.25, 0.3) is 0 Å². The average molecular weight is 308 g/mol. The van der Waals surface area contributed by atoms with Gasteiger partial charge >= 0.3 is 5.97 Å². The predicted molar refractivity (Wildman–Crippen MR) is 83.3 cm³/mol. The number of aryl methyl sites for hydroxylation is 1. The van der Waals surface area contributed by atoms with Crippen molar-refractivity contribution in [1.82, 2.24) is 0 Å². The first kappa shape index (κ1) is 16.9. The molecule has 1 saturated heterocycles. The average Bonchev–Trinajstić information content (AvgIpc) is 2.40. The maximum Gasteiger partial charge on any atom is 0.307 e. The standard InChI is InChI=1S/C18H25FO3/c1-13-5-6-14(11-15(13)19)18(7-9-21-10-8-18)12-16(20)22-17(2,3)4/h5-6,11H,7-10,12H2,1-4H3. The Hall–Kier alpha value is -1.42. The van der Waals surface area contributed by atoms with Crippen LogP contribution < -0.4 is 0 Å². The molecule has 0 aliphatic carbocycles. The largest absolute Gasteiger partial charge is 0.460 e. The van der Waals surface area contributed by atoms with Crippen LogP contribution in [0.2, 0.25) is 0 Å². The van der Waals surface area contributed by atoms with Gasteiger partial charge < -0.3 is 9.47 Å². The molecule has 0 unspecified atom stereocenters. The quantitative estimate of drug-likeness (QED) is 0.794. The van der Waals surface area contributed by atoms with E-state index in [0.29, 0.717) is 31.6 Å². The van der Waals surface area contributed by atoms with Gasteiger partial charge in [0.05, 0.1) is 6.42 Å². The molecule has 0 amide bonds. The van der Waals surface area contributed by atoms with Crippen LogP contribution in [0, 0.1) is 12.7 Å². The van der Waals surface area contributed by atoms with E-state index in [2.05, 4.69) is 0 Å². The van der Waals surface area contributed by atoms with Gasteiger partial charge in [-0.25, -0.2) is 4.39 Å². The maximum atomic E-state index is 14.0. The van der Waals surface area contributed by atoms with Crippen molar-refractivity contribution in [3.05, 3.63) is 35.1 Å². The van der Waals surface area contributed by atoms with E-state index in [9.17, 15) is 9.18 Å². The fourth-order valence-corrected chi connectivity index (χ4v) is 2.91. The Kier molecular flexibility index (Phi) is 4.90. The third kappa shape index (κ3) is 4.07. The van der Waals surface area contributed by atoms with E-state index < -0.39 is 11.0 Å². The molecule has 0 aromatic heterocycles. The Morgan fingerprint density at radius 3 is 2.50 bits per heavy atom. The monoisotopic (exact) mass is 308 g/mol. The molecule has 1 aliphatic rings. The molecule has 3 nitrogen and oxygen atoms in total. The van der Waals surface area contributed by atoms with Gasteiger partial charge in [-0.2, -0.15) is 0 Å². The molecule has 2 rings (SSSR count). The SMILES string of the molecule is Cc1ccc(C2(CC(=O)OC(C)(C)C)CCOCC2)cc1F. The highest BCUT2D eigenvalue weighted by Gasteiger charge is 2.38. The van der Waals surface area contributed by atoms with Crippen LogP contribution in [-0.2, 0) is 19.7 Å². The molecule has 0 bridgehead atoms. The third-order valence-corrected chi connectivity index (χ3v) is 4.14. The van der Waals surface area contributed by atoms with Crippen LogP contribution in [0.3, 0.4) is 0 Å². The van der Waals surface area contributed by atoms with Gasteiger partial charge in [0.2, 0.25) is 0 Å². The second kappa shape index (κ2) is 6.37. The zero-order chi connectivity index (χ0) is 16.4. The van der Waals surface area contributed by atoms with Gasteiger partial charge in [-0.15, -0.1) is 0 Å². The molecular weight excluding hydrogens is 283 g/mol. The Balaban J connectivity index is 2.27. The van der Waals surface area contributed by atoms with Gasteiger partial charge in [-0.3, -0.25) is 4.79 Å². The van der Waals surface area contributed by atoms with Crippen molar-refractivity contribution in [3.8, 4) is 0 Å². The Morgan fingerprint density at radius 2 is 1.95 bits per heavy atom. The summed E-state index contributed by atoms with van der Waals surface area (Å²) in [5.74, 6) is -0.470. The summed E-state index contributed by atoms with van der Waals surface area (Å²) in [6.45, 7) is 8.47. The molecule has 1 fully saturated rings. The minimum absolute atomic E-state index is 0.229. The first-order valence-electron chi connectivity index (χ1n) is 7.78. The van der Waals surface area contributed by atoms with E-state index in [-0.39, 0.29) is 18.2 Å². The number of hydrogen-bond acceptors (Lipinski definition) is 3. The molecule has 0 spiro atoms. The van der Waals surface area contributed by atoms with Crippen molar-refractivity contribution >= 4 is 5.97 Å². The molecule has 0 N–H and O–H groups in total. The highest BCUT2D eigenvalue weighted by atomic mass is 19.1. The first-order valence-corrected chi connectivity index (χ1v) is 7.78. The van der Waals surface area contributed by atoms with Crippen LogP contribution in [0.25, 0.3) is 0 Å². The second-order valence-electron chi connectivity index (χ2n) is 7.12. The lowest BCUT2D eigenvalue weighted by atomic mass is 9.71. The lowest BCUT2D eigenvalue weighted by Gasteiger charge is -2.37. The number of carbonyl (C=O) groups is 1. The van der Waals surface area contributed by atoms with Gasteiger partial charge in [-0.05, 0) is 57.7 Å². The van der Waals surface area contributed by atoms with E-state index in [1.54, 1.807) is 19.1 Å². The van der Waals surface area contributed by atoms with E-state index in [0.717, 1.165) is 5.56 Å². The highest BCUT2D eigenvalue weighted by Crippen LogP contribution is 2.39. The van der Waals surface area contributed by atoms with Crippen molar-refractivity contribution in [1.29, 1.82) is 0 Å². The van der Waals surface area contributed by atoms with Crippen molar-refractivity contribution in [2.45, 2.75) is 58.0 Å². The lowest BCUT2D eigenvalue weighted by molar-refractivity contribution is -0.157. The molecule has 0 radical (unpaired) electrons. The van der Waals surface area contributed by atoms with E-state index in [4.69, 9.17) is 9.47 Å². The number of carbonyl (C=O) groups excluding carboxylic acids is 1. The van der Waals surface area contributed by atoms with Crippen molar-refractivity contribution in [3.63, 3.8) is 0 Å². The van der Waals surface area contributed by atoms with Crippen LogP contribution in [0.1, 0.15) is 51.2 Å². The van der Waals surface area contributed by atoms with Crippen LogP contribution in [0.15, 0.2) is 18.2 Å². The zero-order valence-electron chi connectivity index (χ0n) is 13.9. The topological polar surface area (TPSA) is 35.5 Å². The molecule has 1 heterocycles. The van der Waals surface area contributed by atoms with Crippen LogP contribution in [0.4, 0.5) is 4.39 Å². The summed E-state index contributed by atoms with van der Waals surface area (Å²) in [5, 5.41) is 0. The van der Waals surface area contributed by atoms with E-state index in [1.165, 1.54) is 0 Å². The summed E-state index contributed by atoms with van der Waals surface area (Å²) >= 11 is 0. The fourth-order valence-electron chi connectivity index (χ4n) is 2.91. The third-order valence-electron chi connectivity index (χ3n) is 4.14. The number of halogens is 1. The normalized spacial score (nSPS) is 18.0. The van der Waals surface area contributed by atoms with Gasteiger partial charge in [0, 0.05) is 18.6 Å². The van der Waals surface area contributed by atoms with Crippen LogP contribution in [-0.4, -0.2) is 24.8 Å². The number of rotatable bonds is 3. The number of benzene rings is 1. The summed E-state index contributed by atoms with van der Waals surface area (Å²) in [5.41, 5.74) is 0.574. The molecule has 1 aromatic carbocycles. The highest BCUT2D eigenvalue weighted by molar-refractivity contribution is 5.72. The van der Waals surface area contributed by atoms with Crippen LogP contribution >= 0.6 is 0 Å². The molecule has 1 aromatic rings. The summed E-state index contributed by atoms with van der Waals surface area (Å²) in [4.78, 5) is 12.3. The minimum atomic E-state index is -0.512. The molecule has 22 heavy (non-hydrogen) atoms. The van der Waals surface area contributed by atoms with Crippen molar-refractivity contribution < 1.29 is 18.7 Å². The summed E-state index contributed by atoms with van der Waals surface area (Å²) in [6, 6.07) is 5.26. The number of ether oxygens (including phenoxy) is 2. The smallest absolute Gasteiger partial charge is 0.307 e. The van der Waals surface area contributed by atoms with Gasteiger partial charge in [0.1, 0.15) is 11.4 Å². The number of hydrogen-bond donors (Lipinski definition) is 0. The summed E-state index contributed by atoms with van der Waals surface area (Å²) in [6.07, 6.45) is 1.67. The second-order valence-corrected chi connectivity index (χ2v) is 7.12. The molecule has 4 heteroatoms. The fraction of sp³-hybridized carbons (Fsp3) is 0.611. The molecule has 0 atom stereocenters. The lowest BCUT2D eigenvalue weighted by Crippen LogP contribution is -2.38. The predicted octanol–water partition coefficient (Wildman–Crippen LogP) is 3.91. The molecule has 0 saturated carbocycles. The van der Waals surface area contributed by atoms with Gasteiger partial charge in [0.15, 0.2) is 0 Å². The van der Waals surface area contributed by atoms with E-state index in [1.807, 2.05) is 26.8 Å². The summed E-state index contributed by atoms with van der Waals surface area (Å²) < 4.78 is 24.9. The first-order chi connectivity index (χ1) is 10.2. The molecule has 1 aliphatic heterocycles. The van der Waals surface area contributed by atoms with Gasteiger partial charge in [-0.1, -0.05) is 12.1 Å². The van der Waals surface area contributed by atoms with Crippen LogP contribution in [0.5, 0.6) is 0 Å². The summed E-state index contributed by atoms with van der Waals surface area (Å²) in [7, 11) is 0.